The van der Waals surface area contributed by atoms with Crippen molar-refractivity contribution >= 4 is 11.8 Å². The normalized spacial score (nSPS) is 14.6. The molecule has 2 rings (SSSR count). The van der Waals surface area contributed by atoms with E-state index in [0.717, 1.165) is 0 Å². The van der Waals surface area contributed by atoms with Gasteiger partial charge < -0.3 is 4.74 Å². The fraction of sp³-hybridized carbons (Fsp3) is 0.111. The van der Waals surface area contributed by atoms with Crippen LogP contribution in [0.2, 0.25) is 0 Å². The fourth-order valence-electron chi connectivity index (χ4n) is 1.37. The molecule has 0 aromatic heterocycles. The molecule has 0 bridgehead atoms. The highest BCUT2D eigenvalue weighted by Gasteiger charge is 2.33. The summed E-state index contributed by atoms with van der Waals surface area (Å²) >= 11 is 0. The fourth-order valence-corrected chi connectivity index (χ4v) is 1.37. The second kappa shape index (κ2) is 2.81. The van der Waals surface area contributed by atoms with Crippen LogP contribution >= 0.6 is 0 Å². The average Bonchev–Trinajstić information content (AvgIpc) is 2.44. The van der Waals surface area contributed by atoms with Crippen LogP contribution < -0.4 is 10.6 Å². The van der Waals surface area contributed by atoms with Gasteiger partial charge >= 0.3 is 0 Å². The highest BCUT2D eigenvalue weighted by molar-refractivity contribution is 6.21. The van der Waals surface area contributed by atoms with Crippen LogP contribution in [0.5, 0.6) is 5.75 Å². The summed E-state index contributed by atoms with van der Waals surface area (Å²) in [6, 6.07) is 4.65. The Bertz CT molecular complexity index is 428. The van der Waals surface area contributed by atoms with E-state index in [9.17, 15) is 9.59 Å². The van der Waals surface area contributed by atoms with Gasteiger partial charge in [-0.1, -0.05) is 0 Å². The van der Waals surface area contributed by atoms with Gasteiger partial charge in [-0.3, -0.25) is 9.59 Å². The number of fused-ring (bicyclic) bond motifs is 1. The first-order valence-electron chi connectivity index (χ1n) is 3.96. The van der Waals surface area contributed by atoms with Crippen molar-refractivity contribution in [2.75, 3.05) is 7.11 Å². The molecule has 0 unspecified atom stereocenters. The summed E-state index contributed by atoms with van der Waals surface area (Å²) in [4.78, 5) is 22.7. The molecule has 0 fully saturated rings. The smallest absolute Gasteiger partial charge is 0.276 e. The van der Waals surface area contributed by atoms with Gasteiger partial charge in [0, 0.05) is 0 Å². The van der Waals surface area contributed by atoms with Crippen molar-refractivity contribution in [3.05, 3.63) is 29.3 Å². The van der Waals surface area contributed by atoms with E-state index < -0.39 is 11.8 Å². The number of hydrogen-bond acceptors (Lipinski definition) is 4. The molecule has 0 atom stereocenters. The first-order valence-corrected chi connectivity index (χ1v) is 3.96. The predicted octanol–water partition coefficient (Wildman–Crippen LogP) is 0.165. The molecule has 72 valence electrons. The topological polar surface area (TPSA) is 72.6 Å². The molecule has 0 saturated heterocycles. The van der Waals surface area contributed by atoms with Gasteiger partial charge in [-0.25, -0.2) is 10.9 Å². The van der Waals surface area contributed by atoms with Crippen molar-refractivity contribution in [2.45, 2.75) is 0 Å². The van der Waals surface area contributed by atoms with Crippen LogP contribution in [0.15, 0.2) is 18.2 Å². The molecule has 0 aliphatic carbocycles. The van der Waals surface area contributed by atoms with Gasteiger partial charge in [-0.15, -0.1) is 0 Å². The maximum absolute atomic E-state index is 11.4. The van der Waals surface area contributed by atoms with E-state index in [4.69, 9.17) is 10.6 Å². The number of ether oxygens (including phenoxy) is 1. The lowest BCUT2D eigenvalue weighted by Crippen LogP contribution is -2.36. The van der Waals surface area contributed by atoms with Crippen LogP contribution in [0.4, 0.5) is 0 Å². The summed E-state index contributed by atoms with van der Waals surface area (Å²) in [5, 5.41) is 0.601. The van der Waals surface area contributed by atoms with Crippen LogP contribution in [0, 0.1) is 0 Å². The predicted molar refractivity (Wildman–Crippen MR) is 47.7 cm³/mol. The van der Waals surface area contributed by atoms with Gasteiger partial charge in [0.2, 0.25) is 0 Å². The minimum absolute atomic E-state index is 0.289. The van der Waals surface area contributed by atoms with Crippen LogP contribution in [0.3, 0.4) is 0 Å². The summed E-state index contributed by atoms with van der Waals surface area (Å²) in [6.07, 6.45) is 0. The number of hydrazine groups is 1. The number of hydrogen-bond donors (Lipinski definition) is 1. The molecule has 1 heterocycles. The Morgan fingerprint density at radius 1 is 1.21 bits per heavy atom. The first kappa shape index (κ1) is 8.71. The van der Waals surface area contributed by atoms with Crippen molar-refractivity contribution in [3.63, 3.8) is 0 Å². The van der Waals surface area contributed by atoms with Crippen LogP contribution in [0.1, 0.15) is 20.7 Å². The largest absolute Gasteiger partial charge is 0.497 e. The number of benzene rings is 1. The summed E-state index contributed by atoms with van der Waals surface area (Å²) < 4.78 is 4.94. The Kier molecular flexibility index (Phi) is 1.75. The Morgan fingerprint density at radius 3 is 2.50 bits per heavy atom. The molecule has 0 saturated carbocycles. The summed E-state index contributed by atoms with van der Waals surface area (Å²) in [7, 11) is 1.49. The number of nitrogens with two attached hydrogens (primary N) is 1. The highest BCUT2D eigenvalue weighted by atomic mass is 16.5. The standard InChI is InChI=1S/C9H8N2O3/c1-14-5-2-3-6-7(4-5)9(13)11(10)8(6)12/h2-4H,10H2,1H3. The number of imide groups is 1. The number of nitrogens with zero attached hydrogens (tertiary/aromatic N) is 1. The minimum Gasteiger partial charge on any atom is -0.497 e. The maximum atomic E-state index is 11.4. The molecule has 1 aliphatic heterocycles. The maximum Gasteiger partial charge on any atom is 0.276 e. The van der Waals surface area contributed by atoms with E-state index in [1.54, 1.807) is 6.07 Å². The average molecular weight is 192 g/mol. The molecule has 2 N–H and O–H groups in total. The number of methoxy groups -OCH3 is 1. The second-order valence-corrected chi connectivity index (χ2v) is 2.89. The van der Waals surface area contributed by atoms with E-state index in [1.165, 1.54) is 19.2 Å². The first-order chi connectivity index (χ1) is 6.65. The van der Waals surface area contributed by atoms with Gasteiger partial charge in [0.25, 0.3) is 11.8 Å². The van der Waals surface area contributed by atoms with Crippen molar-refractivity contribution in [2.24, 2.45) is 5.84 Å². The van der Waals surface area contributed by atoms with Gasteiger partial charge in [0.1, 0.15) is 5.75 Å². The SMILES string of the molecule is COc1ccc2c(c1)C(=O)N(N)C2=O. The quantitative estimate of drug-likeness (QED) is 0.391. The van der Waals surface area contributed by atoms with E-state index in [2.05, 4.69) is 0 Å². The molecular formula is C9H8N2O3. The number of rotatable bonds is 1. The van der Waals surface area contributed by atoms with Crippen molar-refractivity contribution in [1.29, 1.82) is 0 Å². The zero-order valence-electron chi connectivity index (χ0n) is 7.48. The molecule has 2 amide bonds. The number of amides is 2. The summed E-state index contributed by atoms with van der Waals surface area (Å²) in [6.45, 7) is 0. The third-order valence-corrected chi connectivity index (χ3v) is 2.13. The third-order valence-electron chi connectivity index (χ3n) is 2.13. The molecule has 14 heavy (non-hydrogen) atoms. The van der Waals surface area contributed by atoms with Gasteiger partial charge in [0.15, 0.2) is 0 Å². The molecule has 0 radical (unpaired) electrons. The molecule has 1 aromatic carbocycles. The Labute approximate surface area is 80.0 Å². The monoisotopic (exact) mass is 192 g/mol. The third kappa shape index (κ3) is 0.993. The van der Waals surface area contributed by atoms with E-state index in [-0.39, 0.29) is 5.56 Å². The van der Waals surface area contributed by atoms with E-state index in [1.807, 2.05) is 0 Å². The number of carbonyl (C=O) groups excluding carboxylic acids is 2. The molecule has 0 spiro atoms. The van der Waals surface area contributed by atoms with E-state index >= 15 is 0 Å². The zero-order chi connectivity index (χ0) is 10.3. The number of carbonyl (C=O) groups is 2. The van der Waals surface area contributed by atoms with Gasteiger partial charge in [-0.05, 0) is 18.2 Å². The van der Waals surface area contributed by atoms with Crippen molar-refractivity contribution < 1.29 is 14.3 Å². The van der Waals surface area contributed by atoms with Crippen molar-refractivity contribution in [1.82, 2.24) is 5.01 Å². The van der Waals surface area contributed by atoms with Crippen molar-refractivity contribution in [3.8, 4) is 5.75 Å². The second-order valence-electron chi connectivity index (χ2n) is 2.89. The lowest BCUT2D eigenvalue weighted by atomic mass is 10.1. The molecular weight excluding hydrogens is 184 g/mol. The lowest BCUT2D eigenvalue weighted by molar-refractivity contribution is 0.0653. The Balaban J connectivity index is 2.59. The molecule has 1 aliphatic rings. The van der Waals surface area contributed by atoms with E-state index in [0.29, 0.717) is 16.3 Å². The Hall–Kier alpha value is -1.88. The van der Waals surface area contributed by atoms with Crippen LogP contribution in [-0.4, -0.2) is 23.9 Å². The summed E-state index contributed by atoms with van der Waals surface area (Å²) in [5.74, 6) is 4.81. The highest BCUT2D eigenvalue weighted by Crippen LogP contribution is 2.24. The summed E-state index contributed by atoms with van der Waals surface area (Å²) in [5.41, 5.74) is 0.607. The Morgan fingerprint density at radius 2 is 1.86 bits per heavy atom. The minimum atomic E-state index is -0.496. The molecule has 1 aromatic rings. The lowest BCUT2D eigenvalue weighted by Gasteiger charge is -2.02. The molecule has 5 nitrogen and oxygen atoms in total. The van der Waals surface area contributed by atoms with Gasteiger partial charge in [-0.2, -0.15) is 0 Å². The molecule has 5 heteroatoms. The van der Waals surface area contributed by atoms with Crippen LogP contribution in [0.25, 0.3) is 0 Å². The van der Waals surface area contributed by atoms with Crippen LogP contribution in [-0.2, 0) is 0 Å². The van der Waals surface area contributed by atoms with Gasteiger partial charge in [0.05, 0.1) is 18.2 Å². The zero-order valence-corrected chi connectivity index (χ0v) is 7.48.